The number of rotatable bonds is 10. The Labute approximate surface area is 282 Å². The molecule has 1 unspecified atom stereocenters. The molecule has 1 fully saturated rings. The van der Waals surface area contributed by atoms with E-state index in [1.807, 2.05) is 77.9 Å². The molecule has 1 atom stereocenters. The lowest BCUT2D eigenvalue weighted by molar-refractivity contribution is -0.131. The molecule has 3 aromatic rings. The van der Waals surface area contributed by atoms with Gasteiger partial charge in [0, 0.05) is 28.2 Å². The maximum Gasteiger partial charge on any atom is 0.251 e. The number of aromatic nitrogens is 4. The van der Waals surface area contributed by atoms with Crippen molar-refractivity contribution in [1.82, 2.24) is 41.5 Å². The number of hydrogen-bond acceptors (Lipinski definition) is 8. The van der Waals surface area contributed by atoms with E-state index in [2.05, 4.69) is 42.6 Å². The summed E-state index contributed by atoms with van der Waals surface area (Å²) in [5.41, 5.74) is 3.27. The number of aryl methyl sites for hydroxylation is 2. The molecule has 2 aliphatic rings. The van der Waals surface area contributed by atoms with E-state index in [0.717, 1.165) is 35.1 Å². The summed E-state index contributed by atoms with van der Waals surface area (Å²) in [7, 11) is 0. The molecule has 0 aliphatic heterocycles. The van der Waals surface area contributed by atoms with Crippen molar-refractivity contribution >= 4 is 17.7 Å². The van der Waals surface area contributed by atoms with Crippen LogP contribution in [0.3, 0.4) is 0 Å². The van der Waals surface area contributed by atoms with Gasteiger partial charge in [0.25, 0.3) is 11.8 Å². The number of fused-ring (bicyclic) bond motifs is 2. The van der Waals surface area contributed by atoms with Crippen LogP contribution in [0.1, 0.15) is 117 Å². The van der Waals surface area contributed by atoms with Crippen molar-refractivity contribution in [3.63, 3.8) is 0 Å². The lowest BCUT2D eigenvalue weighted by Crippen LogP contribution is -2.45. The first-order chi connectivity index (χ1) is 22.6. The van der Waals surface area contributed by atoms with E-state index in [9.17, 15) is 19.6 Å². The fourth-order valence-electron chi connectivity index (χ4n) is 6.65. The number of carbonyl (C=O) groups is 3. The quantitative estimate of drug-likeness (QED) is 0.241. The summed E-state index contributed by atoms with van der Waals surface area (Å²) in [5.74, 6) is 0.100. The number of nitrogens with zero attached hydrogens (tertiary/aromatic N) is 5. The summed E-state index contributed by atoms with van der Waals surface area (Å²) in [6, 6.07) is 13.4. The van der Waals surface area contributed by atoms with Crippen LogP contribution >= 0.6 is 0 Å². The molecule has 254 valence electrons. The van der Waals surface area contributed by atoms with E-state index in [4.69, 9.17) is 0 Å². The Bertz CT molecular complexity index is 1630. The van der Waals surface area contributed by atoms with Crippen LogP contribution in [0.5, 0.6) is 0 Å². The predicted molar refractivity (Wildman–Crippen MR) is 181 cm³/mol. The predicted octanol–water partition coefficient (Wildman–Crippen LogP) is 3.57. The molecule has 0 spiro atoms. The lowest BCUT2D eigenvalue weighted by Gasteiger charge is -2.35. The molecule has 0 bridgehead atoms. The minimum absolute atomic E-state index is 0.0881. The van der Waals surface area contributed by atoms with Crippen LogP contribution < -0.4 is 16.0 Å². The third-order valence-electron chi connectivity index (χ3n) is 8.83. The Morgan fingerprint density at radius 3 is 1.94 bits per heavy atom. The summed E-state index contributed by atoms with van der Waals surface area (Å²) in [4.78, 5) is 41.5. The normalized spacial score (nSPS) is 16.0. The molecule has 2 aromatic carbocycles. The van der Waals surface area contributed by atoms with Crippen LogP contribution in [0.4, 0.5) is 0 Å². The fourth-order valence-corrected chi connectivity index (χ4v) is 6.65. The standard InChI is InChI=1S/C36H47N9O3/c1-22(20-37)45(27-12-13-27)30(46)21-38-17-16-36(33-41-43-44-42-33)28-14-10-25(31(47)39-34(2,3)4)18-23(28)8-9-24-19-26(11-15-29(24)36)32(48)40-35(5,6)7/h10-11,14-15,18-19,22,27,38H,8-9,12-13,16-17,21H2,1-7H3,(H,39,47)(H,40,48)(H,41,42,43,44). The van der Waals surface area contributed by atoms with E-state index in [0.29, 0.717) is 42.8 Å². The molecule has 12 heteroatoms. The van der Waals surface area contributed by atoms with Gasteiger partial charge in [0.2, 0.25) is 5.91 Å². The zero-order valence-corrected chi connectivity index (χ0v) is 29.0. The van der Waals surface area contributed by atoms with E-state index >= 15 is 0 Å². The molecular weight excluding hydrogens is 606 g/mol. The van der Waals surface area contributed by atoms with Crippen molar-refractivity contribution in [1.29, 1.82) is 5.26 Å². The van der Waals surface area contributed by atoms with E-state index < -0.39 is 22.5 Å². The number of hydrogen-bond donors (Lipinski definition) is 4. The Hall–Kier alpha value is -4.63. The maximum absolute atomic E-state index is 13.3. The Kier molecular flexibility index (Phi) is 9.74. The highest BCUT2D eigenvalue weighted by Crippen LogP contribution is 2.46. The first-order valence-corrected chi connectivity index (χ1v) is 16.7. The Morgan fingerprint density at radius 2 is 1.50 bits per heavy atom. The van der Waals surface area contributed by atoms with Gasteiger partial charge in [-0.1, -0.05) is 12.1 Å². The van der Waals surface area contributed by atoms with Crippen molar-refractivity contribution in [2.75, 3.05) is 13.1 Å². The SMILES string of the molecule is CC(C#N)N(C(=O)CNCCC1(c2nnn[nH]2)c2ccc(C(=O)NC(C)(C)C)cc2CCc2cc(C(=O)NC(C)(C)C)ccc21)C1CC1. The summed E-state index contributed by atoms with van der Waals surface area (Å²) in [6.45, 7) is 13.9. The molecule has 48 heavy (non-hydrogen) atoms. The molecule has 0 radical (unpaired) electrons. The number of nitriles is 1. The van der Waals surface area contributed by atoms with Crippen molar-refractivity contribution in [3.05, 3.63) is 75.6 Å². The average Bonchev–Trinajstić information content (AvgIpc) is 3.71. The van der Waals surface area contributed by atoms with Gasteiger partial charge in [-0.2, -0.15) is 5.26 Å². The van der Waals surface area contributed by atoms with Crippen molar-refractivity contribution in [3.8, 4) is 6.07 Å². The van der Waals surface area contributed by atoms with Crippen LogP contribution in [0.25, 0.3) is 0 Å². The largest absolute Gasteiger partial charge is 0.347 e. The molecule has 3 amide bonds. The zero-order chi connectivity index (χ0) is 34.9. The van der Waals surface area contributed by atoms with Gasteiger partial charge in [-0.05, 0) is 144 Å². The van der Waals surface area contributed by atoms with Gasteiger partial charge < -0.3 is 20.9 Å². The first-order valence-electron chi connectivity index (χ1n) is 16.7. The second kappa shape index (κ2) is 13.5. The van der Waals surface area contributed by atoms with Crippen molar-refractivity contribution in [2.45, 2.75) is 109 Å². The molecule has 4 N–H and O–H groups in total. The van der Waals surface area contributed by atoms with E-state index in [1.54, 1.807) is 11.8 Å². The smallest absolute Gasteiger partial charge is 0.251 e. The fraction of sp³-hybridized carbons (Fsp3) is 0.528. The number of tetrazole rings is 1. The number of aromatic amines is 1. The highest BCUT2D eigenvalue weighted by atomic mass is 16.2. The summed E-state index contributed by atoms with van der Waals surface area (Å²) in [5, 5.41) is 34.4. The molecule has 1 aromatic heterocycles. The van der Waals surface area contributed by atoms with Gasteiger partial charge in [-0.25, -0.2) is 5.10 Å². The molecule has 0 saturated heterocycles. The molecule has 12 nitrogen and oxygen atoms in total. The molecular formula is C36H47N9O3. The Morgan fingerprint density at radius 1 is 0.958 bits per heavy atom. The topological polar surface area (TPSA) is 169 Å². The van der Waals surface area contributed by atoms with Crippen LogP contribution in [0.2, 0.25) is 0 Å². The van der Waals surface area contributed by atoms with Crippen LogP contribution in [0, 0.1) is 11.3 Å². The van der Waals surface area contributed by atoms with Crippen LogP contribution in [-0.4, -0.2) is 79.5 Å². The highest BCUT2D eigenvalue weighted by Gasteiger charge is 2.44. The molecule has 5 rings (SSSR count). The zero-order valence-electron chi connectivity index (χ0n) is 29.0. The second-order valence-electron chi connectivity index (χ2n) is 15.1. The van der Waals surface area contributed by atoms with Gasteiger partial charge in [-0.15, -0.1) is 5.10 Å². The van der Waals surface area contributed by atoms with Gasteiger partial charge in [0.15, 0.2) is 5.82 Å². The number of amides is 3. The van der Waals surface area contributed by atoms with Crippen LogP contribution in [-0.2, 0) is 23.1 Å². The average molecular weight is 654 g/mol. The number of carbonyl (C=O) groups excluding carboxylic acids is 3. The van der Waals surface area contributed by atoms with Crippen molar-refractivity contribution in [2.24, 2.45) is 0 Å². The van der Waals surface area contributed by atoms with E-state index in [1.165, 1.54) is 0 Å². The maximum atomic E-state index is 13.3. The Balaban J connectivity index is 1.56. The van der Waals surface area contributed by atoms with Crippen LogP contribution in [0.15, 0.2) is 36.4 Å². The monoisotopic (exact) mass is 653 g/mol. The number of H-pyrrole nitrogens is 1. The first kappa shape index (κ1) is 34.7. The van der Waals surface area contributed by atoms with E-state index in [-0.39, 0.29) is 30.3 Å². The molecule has 2 aliphatic carbocycles. The summed E-state index contributed by atoms with van der Waals surface area (Å²) in [6.07, 6.45) is 3.55. The van der Waals surface area contributed by atoms with Gasteiger partial charge >= 0.3 is 0 Å². The van der Waals surface area contributed by atoms with Gasteiger partial charge in [-0.3, -0.25) is 14.4 Å². The molecule has 1 heterocycles. The van der Waals surface area contributed by atoms with Gasteiger partial charge in [0.05, 0.1) is 18.0 Å². The summed E-state index contributed by atoms with van der Waals surface area (Å²) >= 11 is 0. The third kappa shape index (κ3) is 7.57. The summed E-state index contributed by atoms with van der Waals surface area (Å²) < 4.78 is 0. The van der Waals surface area contributed by atoms with Gasteiger partial charge in [0.1, 0.15) is 6.04 Å². The minimum Gasteiger partial charge on any atom is -0.347 e. The minimum atomic E-state index is -0.894. The third-order valence-corrected chi connectivity index (χ3v) is 8.83. The van der Waals surface area contributed by atoms with Crippen molar-refractivity contribution < 1.29 is 14.4 Å². The second-order valence-corrected chi connectivity index (χ2v) is 15.1. The number of benzene rings is 2. The lowest BCUT2D eigenvalue weighted by atomic mass is 9.69. The molecule has 1 saturated carbocycles. The highest BCUT2D eigenvalue weighted by molar-refractivity contribution is 5.96. The number of nitrogens with one attached hydrogen (secondary N) is 4.